The monoisotopic (exact) mass is 342 g/mol. The van der Waals surface area contributed by atoms with E-state index >= 15 is 0 Å². The number of rotatable bonds is 2. The molecular weight excluding hydrogens is 336 g/mol. The second-order valence-electron chi connectivity index (χ2n) is 2.02. The predicted octanol–water partition coefficient (Wildman–Crippen LogP) is 1.67. The average molecular weight is 342 g/mol. The van der Waals surface area contributed by atoms with Crippen molar-refractivity contribution in [1.82, 2.24) is 0 Å². The Morgan fingerprint density at radius 3 is 2.55 bits per heavy atom. The van der Waals surface area contributed by atoms with E-state index in [1.807, 2.05) is 24.3 Å². The number of hydrogen-bond acceptors (Lipinski definition) is 1. The van der Waals surface area contributed by atoms with E-state index < -0.39 is 0 Å². The van der Waals surface area contributed by atoms with Crippen molar-refractivity contribution in [1.29, 1.82) is 0 Å². The Bertz CT molecular complexity index is 274. The number of hydrogen-bond donors (Lipinski definition) is 0. The van der Waals surface area contributed by atoms with Crippen LogP contribution in [0.25, 0.3) is 10.4 Å². The molecule has 1 aromatic rings. The summed E-state index contributed by atoms with van der Waals surface area (Å²) in [6, 6.07) is 8.01. The second-order valence-corrected chi connectivity index (χ2v) is 3.71. The Hall–Kier alpha value is -0.587. The van der Waals surface area contributed by atoms with Gasteiger partial charge in [0.15, 0.2) is 0 Å². The van der Waals surface area contributed by atoms with Crippen LogP contribution < -0.4 is 3.27 Å². The van der Waals surface area contributed by atoms with Crippen LogP contribution in [0.2, 0.25) is 0 Å². The molecule has 0 aliphatic carbocycles. The van der Waals surface area contributed by atoms with Gasteiger partial charge in [0, 0.05) is 0 Å². The maximum atomic E-state index is 8.04. The van der Waals surface area contributed by atoms with Gasteiger partial charge in [0.25, 0.3) is 0 Å². The van der Waals surface area contributed by atoms with Gasteiger partial charge in [-0.3, -0.25) is 0 Å². The third-order valence-electron chi connectivity index (χ3n) is 1.23. The molecule has 0 unspecified atom stereocenters. The molecule has 4 heteroatoms. The molecule has 0 N–H and O–H groups in total. The Morgan fingerprint density at radius 2 is 2.00 bits per heavy atom. The summed E-state index contributed by atoms with van der Waals surface area (Å²) in [5.41, 5.74) is 9.10. The first-order valence-electron chi connectivity index (χ1n) is 3.08. The van der Waals surface area contributed by atoms with Crippen LogP contribution in [-0.2, 0) is 6.54 Å². The van der Waals surface area contributed by atoms with E-state index in [1.165, 1.54) is 3.27 Å². The van der Waals surface area contributed by atoms with E-state index in [4.69, 9.17) is 5.53 Å². The topological polar surface area (TPSA) is 48.8 Å². The van der Waals surface area contributed by atoms with Crippen LogP contribution in [0.5, 0.6) is 0 Å². The van der Waals surface area contributed by atoms with Crippen molar-refractivity contribution in [2.75, 3.05) is 0 Å². The summed E-state index contributed by atoms with van der Waals surface area (Å²) in [5.74, 6) is 0. The normalized spacial score (nSPS) is 8.82. The van der Waals surface area contributed by atoms with Gasteiger partial charge in [-0.05, 0) is 0 Å². The molecule has 0 aliphatic rings. The van der Waals surface area contributed by atoms with Crippen LogP contribution in [-0.4, -0.2) is 0 Å². The first-order valence-corrected chi connectivity index (χ1v) is 4.55. The van der Waals surface area contributed by atoms with Gasteiger partial charge in [-0.25, -0.2) is 0 Å². The molecule has 0 heterocycles. The molecule has 1 aromatic carbocycles. The summed E-state index contributed by atoms with van der Waals surface area (Å²) in [6.45, 7) is 0.447. The summed E-state index contributed by atoms with van der Waals surface area (Å²) >= 11 is 1.64. The third-order valence-corrected chi connectivity index (χ3v) is 2.21. The molecule has 3 nitrogen and oxygen atoms in total. The number of nitrogens with zero attached hydrogens (tertiary/aromatic N) is 3. The zero-order valence-corrected chi connectivity index (χ0v) is 8.67. The predicted molar refractivity (Wildman–Crippen MR) is 38.9 cm³/mol. The fraction of sp³-hybridized carbons (Fsp3) is 0.143. The zero-order chi connectivity index (χ0) is 8.10. The summed E-state index contributed by atoms with van der Waals surface area (Å²) in [4.78, 5) is 2.68. The van der Waals surface area contributed by atoms with Crippen LogP contribution in [0.15, 0.2) is 29.4 Å². The van der Waals surface area contributed by atoms with Crippen molar-refractivity contribution in [3.05, 3.63) is 40.3 Å². The Balaban J connectivity index is 2.73. The Labute approximate surface area is 79.9 Å². The molecule has 1 rings (SSSR count). The summed E-state index contributed by atoms with van der Waals surface area (Å²) in [7, 11) is 0. The first-order chi connectivity index (χ1) is 5.33. The molecule has 0 amide bonds. The van der Waals surface area contributed by atoms with Gasteiger partial charge < -0.3 is 0 Å². The molecule has 11 heavy (non-hydrogen) atoms. The van der Waals surface area contributed by atoms with Crippen molar-refractivity contribution in [3.63, 3.8) is 0 Å². The van der Waals surface area contributed by atoms with E-state index in [1.54, 1.807) is 24.7 Å². The van der Waals surface area contributed by atoms with Crippen molar-refractivity contribution >= 4 is 3.27 Å². The van der Waals surface area contributed by atoms with Gasteiger partial charge in [-0.15, -0.1) is 0 Å². The van der Waals surface area contributed by atoms with E-state index in [9.17, 15) is 0 Å². The standard InChI is InChI=1S/C7H6AtN3/c8-7-3-1-6(2-4-7)5-10-11-9/h1-4H,5H2. The van der Waals surface area contributed by atoms with Crippen molar-refractivity contribution in [3.8, 4) is 0 Å². The molecule has 0 saturated carbocycles. The minimum absolute atomic E-state index is 0.447. The van der Waals surface area contributed by atoms with Gasteiger partial charge >= 0.3 is 79.9 Å². The molecule has 0 aromatic heterocycles. The summed E-state index contributed by atoms with van der Waals surface area (Å²) in [6.07, 6.45) is 0. The van der Waals surface area contributed by atoms with Crippen molar-refractivity contribution in [2.24, 2.45) is 5.11 Å². The molecule has 0 saturated heterocycles. The van der Waals surface area contributed by atoms with Crippen LogP contribution in [0.3, 0.4) is 0 Å². The average Bonchev–Trinajstić information content (AvgIpc) is 2.04. The van der Waals surface area contributed by atoms with E-state index in [0.29, 0.717) is 6.54 Å². The quantitative estimate of drug-likeness (QED) is 0.446. The van der Waals surface area contributed by atoms with Crippen molar-refractivity contribution in [2.45, 2.75) is 6.54 Å². The fourth-order valence-corrected chi connectivity index (χ4v) is 1.19. The van der Waals surface area contributed by atoms with Gasteiger partial charge in [0.1, 0.15) is 0 Å². The van der Waals surface area contributed by atoms with E-state index in [0.717, 1.165) is 5.56 Å². The molecule has 0 bridgehead atoms. The van der Waals surface area contributed by atoms with Gasteiger partial charge in [-0.1, -0.05) is 0 Å². The molecular formula is C7H6AtN3. The SMILES string of the molecule is [N-]=[N+]=NCc1ccc([At])cc1. The Morgan fingerprint density at radius 1 is 1.36 bits per heavy atom. The van der Waals surface area contributed by atoms with Gasteiger partial charge in [-0.2, -0.15) is 0 Å². The molecule has 56 valence electrons. The van der Waals surface area contributed by atoms with Crippen LogP contribution >= 0.6 is 0 Å². The van der Waals surface area contributed by atoms with Gasteiger partial charge in [0.05, 0.1) is 0 Å². The molecule has 0 atom stereocenters. The summed E-state index contributed by atoms with van der Waals surface area (Å²) < 4.78 is 1.27. The summed E-state index contributed by atoms with van der Waals surface area (Å²) in [5, 5.41) is 3.46. The number of benzene rings is 1. The minimum atomic E-state index is 0.447. The van der Waals surface area contributed by atoms with Crippen LogP contribution in [0, 0.1) is 24.7 Å². The fourth-order valence-electron chi connectivity index (χ4n) is 0.703. The maximum absolute atomic E-state index is 8.04. The molecule has 0 radical (unpaired) electrons. The van der Waals surface area contributed by atoms with Crippen LogP contribution in [0.4, 0.5) is 0 Å². The van der Waals surface area contributed by atoms with Crippen LogP contribution in [0.1, 0.15) is 5.56 Å². The van der Waals surface area contributed by atoms with Gasteiger partial charge in [0.2, 0.25) is 0 Å². The second kappa shape index (κ2) is 4.32. The number of azide groups is 1. The Kier molecular flexibility index (Phi) is 3.34. The first kappa shape index (κ1) is 8.51. The van der Waals surface area contributed by atoms with E-state index in [-0.39, 0.29) is 0 Å². The molecule has 0 aliphatic heterocycles. The van der Waals surface area contributed by atoms with E-state index in [2.05, 4.69) is 10.0 Å². The molecule has 0 spiro atoms. The zero-order valence-electron chi connectivity index (χ0n) is 5.74. The third kappa shape index (κ3) is 2.88. The van der Waals surface area contributed by atoms with Crippen molar-refractivity contribution < 1.29 is 24.7 Å². The molecule has 0 fully saturated rings.